The van der Waals surface area contributed by atoms with E-state index in [4.69, 9.17) is 23.2 Å². The highest BCUT2D eigenvalue weighted by atomic mass is 35.5. The van der Waals surface area contributed by atoms with Crippen molar-refractivity contribution in [3.8, 4) is 0 Å². The van der Waals surface area contributed by atoms with Crippen LogP contribution in [0.15, 0.2) is 23.5 Å². The van der Waals surface area contributed by atoms with Crippen molar-refractivity contribution >= 4 is 40.2 Å². The van der Waals surface area contributed by atoms with Gasteiger partial charge in [0.15, 0.2) is 0 Å². The quantitative estimate of drug-likeness (QED) is 0.335. The molecular weight excluding hydrogens is 405 g/mol. The summed E-state index contributed by atoms with van der Waals surface area (Å²) in [5.74, 6) is -0.364. The molecule has 25 heavy (non-hydrogen) atoms. The second-order valence-corrected chi connectivity index (χ2v) is 5.28. The summed E-state index contributed by atoms with van der Waals surface area (Å²) in [6.07, 6.45) is -11.2. The Morgan fingerprint density at radius 3 is 2.16 bits per heavy atom. The van der Waals surface area contributed by atoms with E-state index in [1.807, 2.05) is 0 Å². The molecule has 0 saturated heterocycles. The van der Waals surface area contributed by atoms with Gasteiger partial charge in [0.1, 0.15) is 11.0 Å². The summed E-state index contributed by atoms with van der Waals surface area (Å²) >= 11 is 10.6. The van der Waals surface area contributed by atoms with Crippen LogP contribution in [-0.4, -0.2) is 34.3 Å². The van der Waals surface area contributed by atoms with Crippen LogP contribution < -0.4 is 10.6 Å². The van der Waals surface area contributed by atoms with Crippen LogP contribution in [0.2, 0.25) is 5.02 Å². The van der Waals surface area contributed by atoms with Crippen LogP contribution in [-0.2, 0) is 4.84 Å². The van der Waals surface area contributed by atoms with Crippen LogP contribution in [0.25, 0.3) is 0 Å². The number of halogens is 8. The molecule has 0 spiro atoms. The van der Waals surface area contributed by atoms with E-state index in [1.165, 1.54) is 6.07 Å². The third kappa shape index (κ3) is 5.26. The van der Waals surface area contributed by atoms with Gasteiger partial charge in [-0.15, -0.1) is 0 Å². The van der Waals surface area contributed by atoms with Crippen molar-refractivity contribution in [2.45, 2.75) is 25.0 Å². The highest BCUT2D eigenvalue weighted by Crippen LogP contribution is 2.44. The first-order chi connectivity index (χ1) is 11.3. The number of oxime groups is 1. The van der Waals surface area contributed by atoms with Crippen LogP contribution in [0.4, 0.5) is 37.0 Å². The number of carbonyl (C=O) groups is 1. The lowest BCUT2D eigenvalue weighted by Crippen LogP contribution is -2.69. The van der Waals surface area contributed by atoms with Crippen molar-refractivity contribution in [2.75, 3.05) is 5.32 Å². The van der Waals surface area contributed by atoms with Crippen LogP contribution in [0, 0.1) is 0 Å². The van der Waals surface area contributed by atoms with E-state index in [9.17, 15) is 31.1 Å². The summed E-state index contributed by atoms with van der Waals surface area (Å²) in [4.78, 5) is 18.6. The Labute approximate surface area is 146 Å². The van der Waals surface area contributed by atoms with E-state index in [0.29, 0.717) is 5.32 Å². The monoisotopic (exact) mass is 412 g/mol. The predicted molar refractivity (Wildman–Crippen MR) is 76.3 cm³/mol. The molecule has 140 valence electrons. The SMILES string of the molecule is CC(Cl)=NOC(NC(=O)Nc1ccc(Cl)cn1)(C(F)(F)F)C(F)(F)F. The lowest BCUT2D eigenvalue weighted by Gasteiger charge is -2.34. The van der Waals surface area contributed by atoms with Crippen molar-refractivity contribution < 1.29 is 36.0 Å². The molecule has 0 fully saturated rings. The molecule has 0 aromatic carbocycles. The molecule has 0 aliphatic rings. The molecule has 0 unspecified atom stereocenters. The molecule has 0 saturated carbocycles. The molecule has 0 aliphatic carbocycles. The summed E-state index contributed by atoms with van der Waals surface area (Å²) in [6, 6.07) is 0.335. The second kappa shape index (κ2) is 7.52. The zero-order valence-electron chi connectivity index (χ0n) is 12.0. The van der Waals surface area contributed by atoms with E-state index in [2.05, 4.69) is 15.0 Å². The minimum atomic E-state index is -6.12. The number of carbonyl (C=O) groups excluding carboxylic acids is 1. The van der Waals surface area contributed by atoms with Crippen molar-refractivity contribution in [1.29, 1.82) is 0 Å². The number of pyridine rings is 1. The number of rotatable bonds is 4. The number of amides is 2. The van der Waals surface area contributed by atoms with Gasteiger partial charge in [0, 0.05) is 6.20 Å². The number of nitrogens with zero attached hydrogens (tertiary/aromatic N) is 2. The van der Waals surface area contributed by atoms with Crippen molar-refractivity contribution in [2.24, 2.45) is 5.16 Å². The maximum atomic E-state index is 13.0. The minimum Gasteiger partial charge on any atom is -0.346 e. The number of nitrogens with one attached hydrogen (secondary N) is 2. The molecule has 1 rings (SSSR count). The number of aromatic nitrogens is 1. The summed E-state index contributed by atoms with van der Waals surface area (Å²) in [7, 11) is 0. The van der Waals surface area contributed by atoms with Gasteiger partial charge in [-0.05, 0) is 19.1 Å². The fourth-order valence-corrected chi connectivity index (χ4v) is 1.46. The van der Waals surface area contributed by atoms with E-state index in [-0.39, 0.29) is 10.8 Å². The summed E-state index contributed by atoms with van der Waals surface area (Å²) in [6.45, 7) is 0.872. The molecule has 2 N–H and O–H groups in total. The predicted octanol–water partition coefficient (Wildman–Crippen LogP) is 4.27. The summed E-state index contributed by atoms with van der Waals surface area (Å²) in [5.41, 5.74) is -5.13. The van der Waals surface area contributed by atoms with Gasteiger partial charge in [-0.25, -0.2) is 9.78 Å². The smallest absolute Gasteiger partial charge is 0.346 e. The zero-order valence-corrected chi connectivity index (χ0v) is 13.5. The fourth-order valence-electron chi connectivity index (χ4n) is 1.32. The number of hydrogen-bond acceptors (Lipinski definition) is 4. The van der Waals surface area contributed by atoms with E-state index >= 15 is 0 Å². The Balaban J connectivity index is 3.16. The largest absolute Gasteiger partial charge is 0.461 e. The average molecular weight is 413 g/mol. The first kappa shape index (κ1) is 21.1. The van der Waals surface area contributed by atoms with Gasteiger partial charge in [-0.1, -0.05) is 28.4 Å². The first-order valence-corrected chi connectivity index (χ1v) is 6.76. The van der Waals surface area contributed by atoms with Crippen molar-refractivity contribution in [3.63, 3.8) is 0 Å². The van der Waals surface area contributed by atoms with Crippen LogP contribution in [0.1, 0.15) is 6.92 Å². The Kier molecular flexibility index (Phi) is 6.34. The highest BCUT2D eigenvalue weighted by molar-refractivity contribution is 6.64. The Hall–Kier alpha value is -1.95. The number of alkyl halides is 6. The van der Waals surface area contributed by atoms with Gasteiger partial charge in [0.2, 0.25) is 0 Å². The van der Waals surface area contributed by atoms with Gasteiger partial charge in [-0.3, -0.25) is 10.6 Å². The zero-order chi connectivity index (χ0) is 19.5. The van der Waals surface area contributed by atoms with Crippen LogP contribution >= 0.6 is 23.2 Å². The Morgan fingerprint density at radius 1 is 1.20 bits per heavy atom. The Bertz CT molecular complexity index is 629. The molecule has 2 amide bonds. The maximum Gasteiger partial charge on any atom is 0.461 e. The number of urea groups is 1. The third-order valence-electron chi connectivity index (χ3n) is 2.37. The molecule has 1 aromatic rings. The minimum absolute atomic E-state index is 0.126. The molecule has 0 atom stereocenters. The van der Waals surface area contributed by atoms with Gasteiger partial charge in [0.05, 0.1) is 5.02 Å². The average Bonchev–Trinajstić information content (AvgIpc) is 2.43. The van der Waals surface area contributed by atoms with E-state index in [1.54, 1.807) is 5.32 Å². The van der Waals surface area contributed by atoms with E-state index < -0.39 is 29.3 Å². The Morgan fingerprint density at radius 2 is 1.76 bits per heavy atom. The third-order valence-corrected chi connectivity index (χ3v) is 2.66. The summed E-state index contributed by atoms with van der Waals surface area (Å²) in [5, 5.41) is 4.17. The molecule has 0 radical (unpaired) electrons. The number of hydrogen-bond donors (Lipinski definition) is 2. The lowest BCUT2D eigenvalue weighted by molar-refractivity contribution is -0.388. The molecule has 6 nitrogen and oxygen atoms in total. The molecule has 14 heteroatoms. The lowest BCUT2D eigenvalue weighted by atomic mass is 10.2. The maximum absolute atomic E-state index is 13.0. The van der Waals surface area contributed by atoms with Gasteiger partial charge in [-0.2, -0.15) is 26.3 Å². The molecule has 1 aromatic heterocycles. The van der Waals surface area contributed by atoms with Gasteiger partial charge < -0.3 is 4.84 Å². The fraction of sp³-hybridized carbons (Fsp3) is 0.364. The molecule has 0 aliphatic heterocycles. The van der Waals surface area contributed by atoms with E-state index in [0.717, 1.165) is 19.2 Å². The topological polar surface area (TPSA) is 75.6 Å². The first-order valence-electron chi connectivity index (χ1n) is 6.01. The van der Waals surface area contributed by atoms with Crippen molar-refractivity contribution in [1.82, 2.24) is 10.3 Å². The molecule has 1 heterocycles. The number of anilines is 1. The standard InChI is InChI=1S/C11H8Cl2F6N4O2/c1-5(12)23-25-9(10(14,15)16,11(17,18)19)22-8(24)21-7-3-2-6(13)4-20-7/h2-4H,1H3,(H2,20,21,22,24). The van der Waals surface area contributed by atoms with Gasteiger partial charge >= 0.3 is 24.1 Å². The second-order valence-electron chi connectivity index (χ2n) is 4.30. The van der Waals surface area contributed by atoms with Crippen LogP contribution in [0.3, 0.4) is 0 Å². The molecular formula is C11H8Cl2F6N4O2. The van der Waals surface area contributed by atoms with Crippen molar-refractivity contribution in [3.05, 3.63) is 23.4 Å². The highest BCUT2D eigenvalue weighted by Gasteiger charge is 2.76. The summed E-state index contributed by atoms with van der Waals surface area (Å²) < 4.78 is 78.2. The normalized spacial score (nSPS) is 13.4. The molecule has 0 bridgehead atoms. The van der Waals surface area contributed by atoms with Crippen LogP contribution in [0.5, 0.6) is 0 Å². The van der Waals surface area contributed by atoms with Gasteiger partial charge in [0.25, 0.3) is 0 Å².